The molecule has 2 saturated carbocycles. The van der Waals surface area contributed by atoms with E-state index < -0.39 is 39.0 Å². The third-order valence-electron chi connectivity index (χ3n) is 7.97. The Hall–Kier alpha value is -1.75. The predicted molar refractivity (Wildman–Crippen MR) is 110 cm³/mol. The number of fused-ring (bicyclic) bond motifs is 2. The van der Waals surface area contributed by atoms with Crippen molar-refractivity contribution in [1.82, 2.24) is 9.29 Å². The van der Waals surface area contributed by atoms with E-state index in [9.17, 15) is 30.8 Å². The Bertz CT molecular complexity index is 1040. The fraction of sp³-hybridized carbons (Fsp3) is 0.714. The van der Waals surface area contributed by atoms with E-state index in [1.807, 2.05) is 13.8 Å². The zero-order chi connectivity index (χ0) is 23.7. The van der Waals surface area contributed by atoms with Crippen LogP contribution in [0.2, 0.25) is 0 Å². The zero-order valence-corrected chi connectivity index (χ0v) is 19.1. The lowest BCUT2D eigenvalue weighted by Gasteiger charge is -2.42. The normalized spacial score (nSPS) is 30.8. The van der Waals surface area contributed by atoms with Crippen LogP contribution in [-0.4, -0.2) is 54.9 Å². The Kier molecular flexibility index (Phi) is 5.40. The van der Waals surface area contributed by atoms with Crippen LogP contribution >= 0.6 is 0 Å². The highest BCUT2D eigenvalue weighted by Crippen LogP contribution is 2.64. The van der Waals surface area contributed by atoms with Gasteiger partial charge in [-0.3, -0.25) is 4.79 Å². The summed E-state index contributed by atoms with van der Waals surface area (Å²) < 4.78 is 80.7. The Labute approximate surface area is 185 Å². The van der Waals surface area contributed by atoms with Gasteiger partial charge in [-0.05, 0) is 37.2 Å². The fourth-order valence-corrected chi connectivity index (χ4v) is 8.08. The van der Waals surface area contributed by atoms with Crippen molar-refractivity contribution in [2.24, 2.45) is 16.7 Å². The van der Waals surface area contributed by atoms with Gasteiger partial charge in [0, 0.05) is 43.7 Å². The minimum atomic E-state index is -4.70. The summed E-state index contributed by atoms with van der Waals surface area (Å²) in [4.78, 5) is 17.9. The second kappa shape index (κ2) is 7.38. The van der Waals surface area contributed by atoms with Crippen molar-refractivity contribution >= 4 is 21.6 Å². The number of Topliss-reactive ketones (excluding diaryl/α,β-unsaturated/α-hetero) is 1. The monoisotopic (exact) mass is 477 g/mol. The number of piperazine rings is 1. The van der Waals surface area contributed by atoms with Gasteiger partial charge in [0.1, 0.15) is 5.78 Å². The van der Waals surface area contributed by atoms with Crippen molar-refractivity contribution in [3.63, 3.8) is 0 Å². The van der Waals surface area contributed by atoms with Crippen LogP contribution in [0, 0.1) is 22.6 Å². The number of hydrogen-bond donors (Lipinski definition) is 0. The summed E-state index contributed by atoms with van der Waals surface area (Å²) >= 11 is 0. The van der Waals surface area contributed by atoms with Crippen molar-refractivity contribution in [3.05, 3.63) is 23.6 Å². The van der Waals surface area contributed by atoms with Crippen molar-refractivity contribution in [2.45, 2.75) is 52.3 Å². The topological polar surface area (TPSA) is 70.6 Å². The molecule has 0 aromatic carbocycles. The summed E-state index contributed by atoms with van der Waals surface area (Å²) in [6, 6.07) is -0.0971. The molecule has 0 radical (unpaired) electrons. The number of carbonyl (C=O) groups is 1. The van der Waals surface area contributed by atoms with E-state index in [-0.39, 0.29) is 48.3 Å². The number of alkyl halides is 3. The quantitative estimate of drug-likeness (QED) is 0.621. The molecule has 1 aromatic heterocycles. The van der Waals surface area contributed by atoms with Crippen LogP contribution < -0.4 is 4.90 Å². The van der Waals surface area contributed by atoms with E-state index in [0.717, 1.165) is 6.42 Å². The summed E-state index contributed by atoms with van der Waals surface area (Å²) in [5.41, 5.74) is -2.43. The van der Waals surface area contributed by atoms with Crippen LogP contribution in [0.1, 0.15) is 45.6 Å². The van der Waals surface area contributed by atoms with E-state index in [4.69, 9.17) is 0 Å². The van der Waals surface area contributed by atoms with Crippen LogP contribution in [-0.2, 0) is 21.0 Å². The van der Waals surface area contributed by atoms with Crippen molar-refractivity contribution in [3.8, 4) is 0 Å². The molecule has 4 rings (SSSR count). The number of pyridine rings is 1. The molecule has 1 aromatic rings. The Morgan fingerprint density at radius 1 is 1.25 bits per heavy atom. The number of ketones is 1. The molecule has 178 valence electrons. The maximum absolute atomic E-state index is 14.4. The van der Waals surface area contributed by atoms with Gasteiger partial charge in [-0.25, -0.2) is 17.8 Å². The average molecular weight is 478 g/mol. The van der Waals surface area contributed by atoms with Crippen molar-refractivity contribution < 1.29 is 30.8 Å². The lowest BCUT2D eigenvalue weighted by molar-refractivity contribution is -0.138. The summed E-state index contributed by atoms with van der Waals surface area (Å²) in [5, 5.41) is 0. The summed E-state index contributed by atoms with van der Waals surface area (Å²) in [6.45, 7) is 5.80. The third-order valence-corrected chi connectivity index (χ3v) is 9.95. The standard InChI is InChI=1S/C21H27F4N3O3S/c1-13-11-27(6-7-28(13)18-16(22)8-15(10-26-18)21(23,24)25)32(30,31)12-20-5-4-14(9-17(20)29)19(20,2)3/h8,10,13-14H,4-7,9,11-12H2,1-3H3/t13-,14?,20?/m0/s1. The maximum atomic E-state index is 14.4. The third kappa shape index (κ3) is 3.52. The highest BCUT2D eigenvalue weighted by atomic mass is 32.2. The minimum Gasteiger partial charge on any atom is -0.349 e. The highest BCUT2D eigenvalue weighted by molar-refractivity contribution is 7.89. The van der Waals surface area contributed by atoms with Gasteiger partial charge >= 0.3 is 6.18 Å². The van der Waals surface area contributed by atoms with Gasteiger partial charge in [0.25, 0.3) is 0 Å². The predicted octanol–water partition coefficient (Wildman–Crippen LogP) is 3.48. The number of rotatable bonds is 4. The number of sulfonamides is 1. The molecule has 2 heterocycles. The van der Waals surface area contributed by atoms with Crippen LogP contribution in [0.4, 0.5) is 23.4 Å². The molecule has 0 N–H and O–H groups in total. The molecule has 11 heteroatoms. The van der Waals surface area contributed by atoms with Gasteiger partial charge < -0.3 is 4.90 Å². The second-order valence-corrected chi connectivity index (χ2v) is 11.8. The minimum absolute atomic E-state index is 0.0186. The summed E-state index contributed by atoms with van der Waals surface area (Å²) in [6.07, 6.45) is -2.28. The number of anilines is 1. The Morgan fingerprint density at radius 2 is 1.94 bits per heavy atom. The molecular weight excluding hydrogens is 450 g/mol. The van der Waals surface area contributed by atoms with Gasteiger partial charge in [-0.1, -0.05) is 13.8 Å². The van der Waals surface area contributed by atoms with Crippen LogP contribution in [0.15, 0.2) is 12.3 Å². The van der Waals surface area contributed by atoms with E-state index in [2.05, 4.69) is 4.98 Å². The molecule has 1 saturated heterocycles. The molecule has 32 heavy (non-hydrogen) atoms. The molecule has 1 aliphatic heterocycles. The zero-order valence-electron chi connectivity index (χ0n) is 18.2. The number of nitrogens with zero attached hydrogens (tertiary/aromatic N) is 3. The van der Waals surface area contributed by atoms with E-state index >= 15 is 0 Å². The fourth-order valence-electron chi connectivity index (χ4n) is 5.80. The molecular formula is C21H27F4N3O3S. The molecule has 3 aliphatic rings. The first-order valence-electron chi connectivity index (χ1n) is 10.7. The van der Waals surface area contributed by atoms with Crippen LogP contribution in [0.25, 0.3) is 0 Å². The summed E-state index contributed by atoms with van der Waals surface area (Å²) in [5.74, 6) is -1.34. The molecule has 2 unspecified atom stereocenters. The van der Waals surface area contributed by atoms with Gasteiger partial charge in [-0.15, -0.1) is 0 Å². The van der Waals surface area contributed by atoms with E-state index in [1.165, 1.54) is 9.21 Å². The van der Waals surface area contributed by atoms with E-state index in [1.54, 1.807) is 6.92 Å². The SMILES string of the molecule is C[C@H]1CN(S(=O)(=O)CC23CCC(CC2=O)C3(C)C)CCN1c1ncc(C(F)(F)F)cc1F. The molecule has 6 nitrogen and oxygen atoms in total. The molecule has 0 amide bonds. The summed E-state index contributed by atoms with van der Waals surface area (Å²) in [7, 11) is -3.77. The average Bonchev–Trinajstić information content (AvgIpc) is 3.01. The van der Waals surface area contributed by atoms with Crippen LogP contribution in [0.5, 0.6) is 0 Å². The lowest BCUT2D eigenvalue weighted by atomic mass is 9.70. The largest absolute Gasteiger partial charge is 0.417 e. The smallest absolute Gasteiger partial charge is 0.349 e. The molecule has 3 fully saturated rings. The van der Waals surface area contributed by atoms with Gasteiger partial charge in [0.2, 0.25) is 10.0 Å². The van der Waals surface area contributed by atoms with Gasteiger partial charge in [-0.2, -0.15) is 17.5 Å². The number of aromatic nitrogens is 1. The van der Waals surface area contributed by atoms with Gasteiger partial charge in [0.05, 0.1) is 11.3 Å². The number of hydrogen-bond acceptors (Lipinski definition) is 5. The van der Waals surface area contributed by atoms with Crippen LogP contribution in [0.3, 0.4) is 0 Å². The van der Waals surface area contributed by atoms with Gasteiger partial charge in [0.15, 0.2) is 11.6 Å². The maximum Gasteiger partial charge on any atom is 0.417 e. The lowest BCUT2D eigenvalue weighted by Crippen LogP contribution is -2.56. The molecule has 3 atom stereocenters. The Morgan fingerprint density at radius 3 is 2.44 bits per heavy atom. The van der Waals surface area contributed by atoms with Crippen molar-refractivity contribution in [1.29, 1.82) is 0 Å². The number of halogens is 4. The molecule has 2 bridgehead atoms. The Balaban J connectivity index is 1.51. The number of carbonyl (C=O) groups excluding carboxylic acids is 1. The molecule has 2 aliphatic carbocycles. The first-order valence-corrected chi connectivity index (χ1v) is 12.3. The van der Waals surface area contributed by atoms with Crippen molar-refractivity contribution in [2.75, 3.05) is 30.3 Å². The molecule has 0 spiro atoms. The highest BCUT2D eigenvalue weighted by Gasteiger charge is 2.65. The first-order chi connectivity index (χ1) is 14.7. The first kappa shape index (κ1) is 23.4. The van der Waals surface area contributed by atoms with E-state index in [0.29, 0.717) is 25.1 Å². The second-order valence-electron chi connectivity index (χ2n) is 9.85.